The Kier molecular flexibility index (Phi) is 5.18. The van der Waals surface area contributed by atoms with E-state index in [1.807, 2.05) is 0 Å². The van der Waals surface area contributed by atoms with Crippen LogP contribution in [0.4, 0.5) is 5.69 Å². The van der Waals surface area contributed by atoms with E-state index in [2.05, 4.69) is 15.6 Å². The summed E-state index contributed by atoms with van der Waals surface area (Å²) in [5.74, 6) is -0.532. The van der Waals surface area contributed by atoms with Gasteiger partial charge in [-0.05, 0) is 37.1 Å². The van der Waals surface area contributed by atoms with Crippen LogP contribution in [0.3, 0.4) is 0 Å². The van der Waals surface area contributed by atoms with E-state index in [9.17, 15) is 9.59 Å². The molecule has 0 aliphatic carbocycles. The Morgan fingerprint density at radius 3 is 2.79 bits per heavy atom. The molecule has 2 heterocycles. The van der Waals surface area contributed by atoms with E-state index in [4.69, 9.17) is 4.74 Å². The number of nitrogens with zero attached hydrogens (tertiary/aromatic N) is 1. The largest absolute Gasteiger partial charge is 0.376 e. The van der Waals surface area contributed by atoms with Crippen molar-refractivity contribution >= 4 is 17.5 Å². The van der Waals surface area contributed by atoms with E-state index in [0.717, 1.165) is 19.4 Å². The SMILES string of the molecule is O=C(Nc1ccccc1C(=O)NCC1CCCO1)c1cccnc1. The zero-order valence-corrected chi connectivity index (χ0v) is 13.2. The molecular formula is C18H19N3O3. The summed E-state index contributed by atoms with van der Waals surface area (Å²) in [5, 5.41) is 5.63. The zero-order valence-electron chi connectivity index (χ0n) is 13.2. The normalized spacial score (nSPS) is 16.6. The lowest BCUT2D eigenvalue weighted by atomic mass is 10.1. The Morgan fingerprint density at radius 2 is 2.04 bits per heavy atom. The van der Waals surface area contributed by atoms with Crippen molar-refractivity contribution in [1.82, 2.24) is 10.3 Å². The maximum absolute atomic E-state index is 12.4. The van der Waals surface area contributed by atoms with Crippen molar-refractivity contribution in [3.05, 3.63) is 59.9 Å². The van der Waals surface area contributed by atoms with E-state index < -0.39 is 0 Å². The molecule has 0 radical (unpaired) electrons. The Labute approximate surface area is 140 Å². The average Bonchev–Trinajstić information content (AvgIpc) is 3.14. The fourth-order valence-electron chi connectivity index (χ4n) is 2.59. The number of carbonyl (C=O) groups is 2. The first-order valence-electron chi connectivity index (χ1n) is 7.94. The Morgan fingerprint density at radius 1 is 1.17 bits per heavy atom. The summed E-state index contributed by atoms with van der Waals surface area (Å²) >= 11 is 0. The summed E-state index contributed by atoms with van der Waals surface area (Å²) in [4.78, 5) is 28.6. The number of anilines is 1. The van der Waals surface area contributed by atoms with Gasteiger partial charge in [-0.2, -0.15) is 0 Å². The van der Waals surface area contributed by atoms with Gasteiger partial charge in [0.15, 0.2) is 0 Å². The van der Waals surface area contributed by atoms with E-state index >= 15 is 0 Å². The van der Waals surface area contributed by atoms with Crippen molar-refractivity contribution in [2.24, 2.45) is 0 Å². The smallest absolute Gasteiger partial charge is 0.257 e. The Hall–Kier alpha value is -2.73. The first kappa shape index (κ1) is 16.1. The van der Waals surface area contributed by atoms with Gasteiger partial charge in [-0.15, -0.1) is 0 Å². The highest BCUT2D eigenvalue weighted by Gasteiger charge is 2.18. The predicted molar refractivity (Wildman–Crippen MR) is 89.9 cm³/mol. The third kappa shape index (κ3) is 3.97. The maximum atomic E-state index is 12.4. The highest BCUT2D eigenvalue weighted by atomic mass is 16.5. The number of hydrogen-bond donors (Lipinski definition) is 2. The molecule has 1 aliphatic rings. The van der Waals surface area contributed by atoms with Crippen molar-refractivity contribution in [3.63, 3.8) is 0 Å². The summed E-state index contributed by atoms with van der Waals surface area (Å²) in [5.41, 5.74) is 1.33. The molecule has 0 saturated carbocycles. The highest BCUT2D eigenvalue weighted by molar-refractivity contribution is 6.08. The standard InChI is InChI=1S/C18H19N3O3/c22-17(13-5-3-9-19-11-13)21-16-8-2-1-7-15(16)18(23)20-12-14-6-4-10-24-14/h1-3,5,7-9,11,14H,4,6,10,12H2,(H,20,23)(H,21,22). The van der Waals surface area contributed by atoms with Crippen LogP contribution in [0.2, 0.25) is 0 Å². The molecule has 0 bridgehead atoms. The number of nitrogens with one attached hydrogen (secondary N) is 2. The second kappa shape index (κ2) is 7.70. The summed E-state index contributed by atoms with van der Waals surface area (Å²) in [6.45, 7) is 1.22. The summed E-state index contributed by atoms with van der Waals surface area (Å²) < 4.78 is 5.50. The van der Waals surface area contributed by atoms with E-state index in [-0.39, 0.29) is 17.9 Å². The lowest BCUT2D eigenvalue weighted by Crippen LogP contribution is -2.32. The van der Waals surface area contributed by atoms with Gasteiger partial charge in [0.1, 0.15) is 0 Å². The molecule has 2 aromatic rings. The van der Waals surface area contributed by atoms with Crippen LogP contribution in [-0.2, 0) is 4.74 Å². The van der Waals surface area contributed by atoms with Crippen LogP contribution < -0.4 is 10.6 Å². The minimum Gasteiger partial charge on any atom is -0.376 e. The predicted octanol–water partition coefficient (Wildman–Crippen LogP) is 2.24. The first-order chi connectivity index (χ1) is 11.7. The molecule has 1 aromatic carbocycles. The van der Waals surface area contributed by atoms with Crippen molar-refractivity contribution < 1.29 is 14.3 Å². The van der Waals surface area contributed by atoms with Gasteiger partial charge in [0.25, 0.3) is 11.8 Å². The molecule has 6 nitrogen and oxygen atoms in total. The number of ether oxygens (including phenoxy) is 1. The molecule has 1 atom stereocenters. The third-order valence-corrected chi connectivity index (χ3v) is 3.86. The van der Waals surface area contributed by atoms with Crippen LogP contribution >= 0.6 is 0 Å². The second-order valence-corrected chi connectivity index (χ2v) is 5.59. The summed E-state index contributed by atoms with van der Waals surface area (Å²) in [6, 6.07) is 10.3. The third-order valence-electron chi connectivity index (χ3n) is 3.86. The molecule has 124 valence electrons. The quantitative estimate of drug-likeness (QED) is 0.883. The van der Waals surface area contributed by atoms with Crippen molar-refractivity contribution in [3.8, 4) is 0 Å². The number of amides is 2. The van der Waals surface area contributed by atoms with Gasteiger partial charge < -0.3 is 15.4 Å². The molecule has 1 aliphatic heterocycles. The Balaban J connectivity index is 1.68. The van der Waals surface area contributed by atoms with E-state index in [0.29, 0.717) is 23.4 Å². The minimum atomic E-state index is -0.303. The van der Waals surface area contributed by atoms with Gasteiger partial charge in [-0.25, -0.2) is 0 Å². The first-order valence-corrected chi connectivity index (χ1v) is 7.94. The van der Waals surface area contributed by atoms with E-state index in [1.54, 1.807) is 42.6 Å². The van der Waals surface area contributed by atoms with Crippen LogP contribution in [0.25, 0.3) is 0 Å². The molecule has 6 heteroatoms. The van der Waals surface area contributed by atoms with Gasteiger partial charge in [0, 0.05) is 25.5 Å². The molecule has 1 aromatic heterocycles. The van der Waals surface area contributed by atoms with Crippen LogP contribution in [0.15, 0.2) is 48.8 Å². The second-order valence-electron chi connectivity index (χ2n) is 5.59. The molecule has 24 heavy (non-hydrogen) atoms. The molecule has 2 amide bonds. The lowest BCUT2D eigenvalue weighted by Gasteiger charge is -2.13. The molecule has 1 saturated heterocycles. The van der Waals surface area contributed by atoms with Crippen LogP contribution in [0, 0.1) is 0 Å². The van der Waals surface area contributed by atoms with Crippen LogP contribution in [0.5, 0.6) is 0 Å². The fourth-order valence-corrected chi connectivity index (χ4v) is 2.59. The highest BCUT2D eigenvalue weighted by Crippen LogP contribution is 2.17. The molecule has 0 spiro atoms. The summed E-state index contributed by atoms with van der Waals surface area (Å²) in [7, 11) is 0. The van der Waals surface area contributed by atoms with Crippen molar-refractivity contribution in [2.75, 3.05) is 18.5 Å². The number of benzene rings is 1. The molecular weight excluding hydrogens is 306 g/mol. The maximum Gasteiger partial charge on any atom is 0.257 e. The number of aromatic nitrogens is 1. The minimum absolute atomic E-state index is 0.0751. The Bertz CT molecular complexity index is 712. The number of hydrogen-bond acceptors (Lipinski definition) is 4. The summed E-state index contributed by atoms with van der Waals surface area (Å²) in [6.07, 6.45) is 5.14. The number of para-hydroxylation sites is 1. The van der Waals surface area contributed by atoms with Crippen molar-refractivity contribution in [1.29, 1.82) is 0 Å². The number of rotatable bonds is 5. The molecule has 2 N–H and O–H groups in total. The topological polar surface area (TPSA) is 80.3 Å². The van der Waals surface area contributed by atoms with Gasteiger partial charge in [0.05, 0.1) is 22.9 Å². The van der Waals surface area contributed by atoms with E-state index in [1.165, 1.54) is 6.20 Å². The number of carbonyl (C=O) groups excluding carboxylic acids is 2. The molecule has 1 unspecified atom stereocenters. The van der Waals surface area contributed by atoms with Crippen LogP contribution in [0.1, 0.15) is 33.6 Å². The van der Waals surface area contributed by atoms with Gasteiger partial charge in [-0.3, -0.25) is 14.6 Å². The molecule has 3 rings (SSSR count). The number of pyridine rings is 1. The average molecular weight is 325 g/mol. The van der Waals surface area contributed by atoms with Gasteiger partial charge >= 0.3 is 0 Å². The van der Waals surface area contributed by atoms with Crippen LogP contribution in [-0.4, -0.2) is 36.1 Å². The fraction of sp³-hybridized carbons (Fsp3) is 0.278. The zero-order chi connectivity index (χ0) is 16.8. The van der Waals surface area contributed by atoms with Gasteiger partial charge in [-0.1, -0.05) is 12.1 Å². The van der Waals surface area contributed by atoms with Gasteiger partial charge in [0.2, 0.25) is 0 Å². The van der Waals surface area contributed by atoms with Crippen molar-refractivity contribution in [2.45, 2.75) is 18.9 Å². The monoisotopic (exact) mass is 325 g/mol. The molecule has 1 fully saturated rings. The lowest BCUT2D eigenvalue weighted by molar-refractivity contribution is 0.0858.